The minimum absolute atomic E-state index is 0.304. The molecular formula is C27H57N. The summed E-state index contributed by atoms with van der Waals surface area (Å²) in [6.07, 6.45) is 20.2. The Labute approximate surface area is 180 Å². The maximum Gasteiger partial charge on any atom is 0.0242 e. The molecule has 0 aromatic carbocycles. The zero-order chi connectivity index (χ0) is 21.5. The van der Waals surface area contributed by atoms with Crippen LogP contribution in [0.5, 0.6) is 0 Å². The topological polar surface area (TPSA) is 12.0 Å². The standard InChI is InChI=1S/C27H57N/c1-9-17-25(18-10-2,19-11-3)26(20-12-4,21-13-5)27(22-14-6,23-15-7)28-24-16-8/h28H,9-24H2,1-8H3. The zero-order valence-corrected chi connectivity index (χ0v) is 21.3. The van der Waals surface area contributed by atoms with E-state index in [4.69, 9.17) is 0 Å². The minimum atomic E-state index is 0.304. The molecular weight excluding hydrogens is 338 g/mol. The Bertz CT molecular complexity index is 330. The van der Waals surface area contributed by atoms with Crippen molar-refractivity contribution in [2.75, 3.05) is 6.54 Å². The van der Waals surface area contributed by atoms with Crippen LogP contribution in [0.15, 0.2) is 0 Å². The molecule has 0 unspecified atom stereocenters. The van der Waals surface area contributed by atoms with Crippen LogP contribution in [0, 0.1) is 10.8 Å². The molecule has 0 aliphatic heterocycles. The van der Waals surface area contributed by atoms with Gasteiger partial charge in [-0.15, -0.1) is 0 Å². The Balaban J connectivity index is 6.86. The summed E-state index contributed by atoms with van der Waals surface area (Å²) in [6, 6.07) is 0. The van der Waals surface area contributed by atoms with Gasteiger partial charge in [0.05, 0.1) is 0 Å². The smallest absolute Gasteiger partial charge is 0.0242 e. The van der Waals surface area contributed by atoms with Gasteiger partial charge in [-0.3, -0.25) is 0 Å². The predicted octanol–water partition coefficient (Wildman–Crippen LogP) is 9.30. The van der Waals surface area contributed by atoms with Crippen LogP contribution in [0.4, 0.5) is 0 Å². The van der Waals surface area contributed by atoms with Gasteiger partial charge in [0.15, 0.2) is 0 Å². The normalized spacial score (nSPS) is 13.3. The van der Waals surface area contributed by atoms with E-state index in [-0.39, 0.29) is 0 Å². The molecule has 170 valence electrons. The molecule has 0 amide bonds. The van der Waals surface area contributed by atoms with Crippen LogP contribution in [0.3, 0.4) is 0 Å². The highest BCUT2D eigenvalue weighted by Gasteiger charge is 2.58. The van der Waals surface area contributed by atoms with Gasteiger partial charge in [0.1, 0.15) is 0 Å². The van der Waals surface area contributed by atoms with Crippen LogP contribution in [0.1, 0.15) is 152 Å². The Hall–Kier alpha value is -0.0400. The van der Waals surface area contributed by atoms with Crippen LogP contribution in [0.25, 0.3) is 0 Å². The third-order valence-electron chi connectivity index (χ3n) is 7.54. The molecule has 0 aromatic rings. The van der Waals surface area contributed by atoms with Gasteiger partial charge in [-0.25, -0.2) is 0 Å². The summed E-state index contributed by atoms with van der Waals surface area (Å²) in [5.74, 6) is 0. The van der Waals surface area contributed by atoms with Crippen molar-refractivity contribution in [1.29, 1.82) is 0 Å². The molecule has 0 fully saturated rings. The maximum atomic E-state index is 4.28. The molecule has 28 heavy (non-hydrogen) atoms. The van der Waals surface area contributed by atoms with E-state index in [2.05, 4.69) is 60.7 Å². The largest absolute Gasteiger partial charge is 0.311 e. The first kappa shape index (κ1) is 28.0. The lowest BCUT2D eigenvalue weighted by Crippen LogP contribution is -2.65. The third kappa shape index (κ3) is 6.23. The number of hydrogen-bond acceptors (Lipinski definition) is 1. The molecule has 1 nitrogen and oxygen atoms in total. The molecule has 0 radical (unpaired) electrons. The Kier molecular flexibility index (Phi) is 14.8. The summed E-state index contributed by atoms with van der Waals surface area (Å²) >= 11 is 0. The first-order chi connectivity index (χ1) is 13.5. The fourth-order valence-electron chi connectivity index (χ4n) is 7.19. The fourth-order valence-corrected chi connectivity index (χ4v) is 7.19. The van der Waals surface area contributed by atoms with Gasteiger partial charge in [0.2, 0.25) is 0 Å². The molecule has 1 N–H and O–H groups in total. The molecule has 0 aromatic heterocycles. The zero-order valence-electron chi connectivity index (χ0n) is 21.3. The van der Waals surface area contributed by atoms with Crippen LogP contribution in [-0.2, 0) is 0 Å². The SMILES string of the molecule is CCCNC(CCC)(CCC)C(CCC)(CCC)C(CCC)(CCC)CCC. The summed E-state index contributed by atoms with van der Waals surface area (Å²) in [5, 5.41) is 4.28. The van der Waals surface area contributed by atoms with Crippen LogP contribution in [-0.4, -0.2) is 12.1 Å². The lowest BCUT2D eigenvalue weighted by molar-refractivity contribution is -0.100. The van der Waals surface area contributed by atoms with E-state index in [0.717, 1.165) is 0 Å². The van der Waals surface area contributed by atoms with Crippen molar-refractivity contribution in [3.05, 3.63) is 0 Å². The second-order valence-electron chi connectivity index (χ2n) is 9.62. The average molecular weight is 396 g/mol. The van der Waals surface area contributed by atoms with E-state index in [1.807, 2.05) is 0 Å². The highest BCUT2D eigenvalue weighted by molar-refractivity contribution is 5.12. The van der Waals surface area contributed by atoms with E-state index < -0.39 is 0 Å². The highest BCUT2D eigenvalue weighted by Crippen LogP contribution is 2.62. The maximum absolute atomic E-state index is 4.28. The average Bonchev–Trinajstić information content (AvgIpc) is 2.66. The van der Waals surface area contributed by atoms with Gasteiger partial charge in [-0.2, -0.15) is 0 Å². The lowest BCUT2D eigenvalue weighted by Gasteiger charge is -2.63. The van der Waals surface area contributed by atoms with Gasteiger partial charge >= 0.3 is 0 Å². The predicted molar refractivity (Wildman–Crippen MR) is 130 cm³/mol. The summed E-state index contributed by atoms with van der Waals surface area (Å²) in [6.45, 7) is 20.5. The van der Waals surface area contributed by atoms with E-state index in [9.17, 15) is 0 Å². The van der Waals surface area contributed by atoms with Crippen molar-refractivity contribution in [2.24, 2.45) is 10.8 Å². The summed E-state index contributed by atoms with van der Waals surface area (Å²) in [4.78, 5) is 0. The molecule has 0 atom stereocenters. The highest BCUT2D eigenvalue weighted by atomic mass is 15.0. The van der Waals surface area contributed by atoms with E-state index >= 15 is 0 Å². The monoisotopic (exact) mass is 395 g/mol. The molecule has 0 heterocycles. The van der Waals surface area contributed by atoms with Crippen molar-refractivity contribution in [3.8, 4) is 0 Å². The van der Waals surface area contributed by atoms with Crippen molar-refractivity contribution in [2.45, 2.75) is 157 Å². The first-order valence-corrected chi connectivity index (χ1v) is 13.2. The van der Waals surface area contributed by atoms with Crippen molar-refractivity contribution >= 4 is 0 Å². The minimum Gasteiger partial charge on any atom is -0.311 e. The van der Waals surface area contributed by atoms with E-state index in [1.165, 1.54) is 103 Å². The first-order valence-electron chi connectivity index (χ1n) is 13.2. The second kappa shape index (κ2) is 14.9. The van der Waals surface area contributed by atoms with Crippen LogP contribution >= 0.6 is 0 Å². The number of rotatable bonds is 19. The lowest BCUT2D eigenvalue weighted by atomic mass is 9.45. The second-order valence-corrected chi connectivity index (χ2v) is 9.62. The molecule has 0 saturated heterocycles. The molecule has 0 bridgehead atoms. The number of hydrogen-bond donors (Lipinski definition) is 1. The molecule has 0 spiro atoms. The van der Waals surface area contributed by atoms with Crippen molar-refractivity contribution in [1.82, 2.24) is 5.32 Å². The molecule has 0 saturated carbocycles. The van der Waals surface area contributed by atoms with Crippen LogP contribution in [0.2, 0.25) is 0 Å². The molecule has 1 heteroatoms. The summed E-state index contributed by atoms with van der Waals surface area (Å²) in [5.41, 5.74) is 1.22. The quantitative estimate of drug-likeness (QED) is 0.230. The van der Waals surface area contributed by atoms with E-state index in [0.29, 0.717) is 16.4 Å². The Morgan fingerprint density at radius 3 is 1.07 bits per heavy atom. The van der Waals surface area contributed by atoms with Crippen molar-refractivity contribution < 1.29 is 0 Å². The number of nitrogens with one attached hydrogen (secondary N) is 1. The third-order valence-corrected chi connectivity index (χ3v) is 7.54. The van der Waals surface area contributed by atoms with Gasteiger partial charge in [-0.1, -0.05) is 100 Å². The molecule has 0 aliphatic carbocycles. The van der Waals surface area contributed by atoms with Crippen LogP contribution < -0.4 is 5.32 Å². The van der Waals surface area contributed by atoms with Gasteiger partial charge in [0.25, 0.3) is 0 Å². The summed E-state index contributed by atoms with van der Waals surface area (Å²) < 4.78 is 0. The van der Waals surface area contributed by atoms with Gasteiger partial charge < -0.3 is 5.32 Å². The Morgan fingerprint density at radius 1 is 0.429 bits per heavy atom. The van der Waals surface area contributed by atoms with Gasteiger partial charge in [0, 0.05) is 5.54 Å². The van der Waals surface area contributed by atoms with Crippen molar-refractivity contribution in [3.63, 3.8) is 0 Å². The van der Waals surface area contributed by atoms with E-state index in [1.54, 1.807) is 0 Å². The molecule has 0 rings (SSSR count). The Morgan fingerprint density at radius 2 is 0.786 bits per heavy atom. The van der Waals surface area contributed by atoms with Gasteiger partial charge in [-0.05, 0) is 68.7 Å². The molecule has 0 aliphatic rings. The summed E-state index contributed by atoms with van der Waals surface area (Å²) in [7, 11) is 0. The fraction of sp³-hybridized carbons (Fsp3) is 1.00.